The number of hydrogen-bond acceptors (Lipinski definition) is 4. The molecule has 0 radical (unpaired) electrons. The zero-order chi connectivity index (χ0) is 19.1. The maximum Gasteiger partial charge on any atom is 0.236 e. The molecule has 0 bridgehead atoms. The van der Waals surface area contributed by atoms with Gasteiger partial charge < -0.3 is 0 Å². The summed E-state index contributed by atoms with van der Waals surface area (Å²) >= 11 is 0. The van der Waals surface area contributed by atoms with Crippen LogP contribution in [0.4, 0.5) is 0 Å². The van der Waals surface area contributed by atoms with Gasteiger partial charge in [-0.2, -0.15) is 4.31 Å². The van der Waals surface area contributed by atoms with Crippen molar-refractivity contribution in [1.82, 2.24) is 14.2 Å². The summed E-state index contributed by atoms with van der Waals surface area (Å²) in [5.74, 6) is 0. The number of benzene rings is 1. The lowest BCUT2D eigenvalue weighted by Gasteiger charge is -2.38. The molecule has 1 aromatic heterocycles. The van der Waals surface area contributed by atoms with Crippen molar-refractivity contribution in [3.05, 3.63) is 71.4 Å². The number of nitrogens with zero attached hydrogens (tertiary/aromatic N) is 3. The van der Waals surface area contributed by atoms with E-state index < -0.39 is 10.0 Å². The normalized spacial score (nSPS) is 19.0. The number of sulfonamides is 1. The number of hydrogen-bond donors (Lipinski definition) is 0. The summed E-state index contributed by atoms with van der Waals surface area (Å²) in [5, 5.41) is 1.34. The SMILES string of the molecule is CCN(Cc1ccncc1)C1CCCN(S(=O)(=O)/C=C/c2ccccc2)C1. The fourth-order valence-electron chi connectivity index (χ4n) is 3.49. The largest absolute Gasteiger partial charge is 0.295 e. The highest BCUT2D eigenvalue weighted by atomic mass is 32.2. The van der Waals surface area contributed by atoms with Gasteiger partial charge in [0.25, 0.3) is 0 Å². The van der Waals surface area contributed by atoms with Crippen LogP contribution in [0.5, 0.6) is 0 Å². The van der Waals surface area contributed by atoms with Crippen molar-refractivity contribution < 1.29 is 8.42 Å². The lowest BCUT2D eigenvalue weighted by atomic mass is 10.1. The minimum Gasteiger partial charge on any atom is -0.295 e. The number of likely N-dealkylation sites (N-methyl/N-ethyl adjacent to an activating group) is 1. The van der Waals surface area contributed by atoms with E-state index in [-0.39, 0.29) is 6.04 Å². The monoisotopic (exact) mass is 385 g/mol. The van der Waals surface area contributed by atoms with E-state index >= 15 is 0 Å². The van der Waals surface area contributed by atoms with Gasteiger partial charge in [0.1, 0.15) is 0 Å². The minimum absolute atomic E-state index is 0.233. The van der Waals surface area contributed by atoms with E-state index in [1.165, 1.54) is 11.0 Å². The molecule has 2 aromatic rings. The Morgan fingerprint density at radius 3 is 2.63 bits per heavy atom. The Balaban J connectivity index is 1.68. The first-order valence-corrected chi connectivity index (χ1v) is 10.9. The molecule has 1 aromatic carbocycles. The Hall–Kier alpha value is -2.02. The number of rotatable bonds is 7. The lowest BCUT2D eigenvalue weighted by Crippen LogP contribution is -2.49. The van der Waals surface area contributed by atoms with Gasteiger partial charge in [0.2, 0.25) is 10.0 Å². The van der Waals surface area contributed by atoms with Gasteiger partial charge in [-0.15, -0.1) is 0 Å². The molecule has 1 unspecified atom stereocenters. The highest BCUT2D eigenvalue weighted by Crippen LogP contribution is 2.21. The second-order valence-electron chi connectivity index (χ2n) is 6.83. The average molecular weight is 386 g/mol. The molecule has 1 aliphatic rings. The number of aromatic nitrogens is 1. The molecule has 6 heteroatoms. The summed E-state index contributed by atoms with van der Waals surface area (Å²) in [7, 11) is -3.41. The molecular formula is C21H27N3O2S. The summed E-state index contributed by atoms with van der Waals surface area (Å²) in [6.07, 6.45) is 7.18. The van der Waals surface area contributed by atoms with Gasteiger partial charge >= 0.3 is 0 Å². The minimum atomic E-state index is -3.41. The topological polar surface area (TPSA) is 53.5 Å². The molecule has 3 rings (SSSR count). The quantitative estimate of drug-likeness (QED) is 0.733. The van der Waals surface area contributed by atoms with Gasteiger partial charge in [0.15, 0.2) is 0 Å². The van der Waals surface area contributed by atoms with Crippen molar-refractivity contribution in [2.24, 2.45) is 0 Å². The van der Waals surface area contributed by atoms with Crippen LogP contribution in [0.15, 0.2) is 60.3 Å². The van der Waals surface area contributed by atoms with Crippen molar-refractivity contribution >= 4 is 16.1 Å². The second-order valence-corrected chi connectivity index (χ2v) is 8.65. The van der Waals surface area contributed by atoms with Gasteiger partial charge in [-0.1, -0.05) is 37.3 Å². The molecule has 0 aliphatic carbocycles. The van der Waals surface area contributed by atoms with Gasteiger partial charge in [-0.05, 0) is 48.7 Å². The summed E-state index contributed by atoms with van der Waals surface area (Å²) < 4.78 is 27.2. The van der Waals surface area contributed by atoms with Crippen LogP contribution in [-0.4, -0.2) is 48.3 Å². The van der Waals surface area contributed by atoms with Crippen LogP contribution < -0.4 is 0 Å². The molecule has 1 saturated heterocycles. The smallest absolute Gasteiger partial charge is 0.236 e. The molecule has 0 N–H and O–H groups in total. The van der Waals surface area contributed by atoms with Crippen LogP contribution in [0, 0.1) is 0 Å². The summed E-state index contributed by atoms with van der Waals surface area (Å²) in [5.41, 5.74) is 2.10. The van der Waals surface area contributed by atoms with Crippen LogP contribution in [-0.2, 0) is 16.6 Å². The zero-order valence-corrected chi connectivity index (χ0v) is 16.6. The maximum absolute atomic E-state index is 12.8. The molecular weight excluding hydrogens is 358 g/mol. The molecule has 0 spiro atoms. The standard InChI is InChI=1S/C21H27N3O2S/c1-2-23(17-20-10-13-22-14-11-20)21-9-6-15-24(18-21)27(25,26)16-12-19-7-4-3-5-8-19/h3-5,7-8,10-14,16,21H,2,6,9,15,17-18H2,1H3/b16-12+. The molecule has 1 fully saturated rings. The van der Waals surface area contributed by atoms with E-state index in [0.29, 0.717) is 13.1 Å². The predicted octanol–water partition coefficient (Wildman–Crippen LogP) is 3.37. The molecule has 2 heterocycles. The van der Waals surface area contributed by atoms with Crippen LogP contribution >= 0.6 is 0 Å². The Bertz CT molecular complexity index is 838. The van der Waals surface area contributed by atoms with E-state index in [1.54, 1.807) is 22.8 Å². The summed E-state index contributed by atoms with van der Waals surface area (Å²) in [4.78, 5) is 6.43. The summed E-state index contributed by atoms with van der Waals surface area (Å²) in [6.45, 7) is 4.97. The Labute approximate surface area is 162 Å². The number of pyridine rings is 1. The van der Waals surface area contributed by atoms with Gasteiger partial charge in [-0.25, -0.2) is 8.42 Å². The highest BCUT2D eigenvalue weighted by molar-refractivity contribution is 7.92. The zero-order valence-electron chi connectivity index (χ0n) is 15.7. The third-order valence-corrected chi connectivity index (χ3v) is 6.54. The molecule has 0 amide bonds. The molecule has 0 saturated carbocycles. The predicted molar refractivity (Wildman–Crippen MR) is 109 cm³/mol. The van der Waals surface area contributed by atoms with Crippen molar-refractivity contribution in [3.8, 4) is 0 Å². The van der Waals surface area contributed by atoms with Gasteiger partial charge in [0.05, 0.1) is 0 Å². The fraction of sp³-hybridized carbons (Fsp3) is 0.381. The van der Waals surface area contributed by atoms with Crippen LogP contribution in [0.1, 0.15) is 30.9 Å². The fourth-order valence-corrected chi connectivity index (χ4v) is 4.75. The van der Waals surface area contributed by atoms with Crippen LogP contribution in [0.25, 0.3) is 6.08 Å². The lowest BCUT2D eigenvalue weighted by molar-refractivity contribution is 0.134. The first kappa shape index (κ1) is 19.7. The molecule has 144 valence electrons. The van der Waals surface area contributed by atoms with Gasteiger partial charge in [0, 0.05) is 43.5 Å². The van der Waals surface area contributed by atoms with E-state index in [0.717, 1.165) is 31.5 Å². The Morgan fingerprint density at radius 1 is 1.19 bits per heavy atom. The van der Waals surface area contributed by atoms with E-state index in [1.807, 2.05) is 42.5 Å². The summed E-state index contributed by atoms with van der Waals surface area (Å²) in [6, 6.07) is 13.8. The van der Waals surface area contributed by atoms with Crippen molar-refractivity contribution in [3.63, 3.8) is 0 Å². The molecule has 1 aliphatic heterocycles. The highest BCUT2D eigenvalue weighted by Gasteiger charge is 2.30. The van der Waals surface area contributed by atoms with Crippen molar-refractivity contribution in [1.29, 1.82) is 0 Å². The number of piperidine rings is 1. The van der Waals surface area contributed by atoms with Gasteiger partial charge in [-0.3, -0.25) is 9.88 Å². The van der Waals surface area contributed by atoms with Crippen molar-refractivity contribution in [2.75, 3.05) is 19.6 Å². The average Bonchev–Trinajstić information content (AvgIpc) is 2.72. The van der Waals surface area contributed by atoms with Crippen molar-refractivity contribution in [2.45, 2.75) is 32.4 Å². The molecule has 1 atom stereocenters. The van der Waals surface area contributed by atoms with E-state index in [2.05, 4.69) is 16.8 Å². The third-order valence-electron chi connectivity index (χ3n) is 5.01. The molecule has 27 heavy (non-hydrogen) atoms. The van der Waals surface area contributed by atoms with Crippen LogP contribution in [0.3, 0.4) is 0 Å². The van der Waals surface area contributed by atoms with E-state index in [4.69, 9.17) is 0 Å². The second kappa shape index (κ2) is 9.26. The Morgan fingerprint density at radius 2 is 1.93 bits per heavy atom. The van der Waals surface area contributed by atoms with Crippen LogP contribution in [0.2, 0.25) is 0 Å². The Kier molecular flexibility index (Phi) is 6.77. The maximum atomic E-state index is 12.8. The first-order chi connectivity index (χ1) is 13.1. The first-order valence-electron chi connectivity index (χ1n) is 9.44. The van der Waals surface area contributed by atoms with E-state index in [9.17, 15) is 8.42 Å². The molecule has 5 nitrogen and oxygen atoms in total. The third kappa shape index (κ3) is 5.48.